The predicted octanol–water partition coefficient (Wildman–Crippen LogP) is 4.33. The fourth-order valence-electron chi connectivity index (χ4n) is 2.77. The molecule has 28 heavy (non-hydrogen) atoms. The largest absolute Gasteiger partial charge is 0.460 e. The van der Waals surface area contributed by atoms with E-state index in [0.717, 1.165) is 16.7 Å². The number of rotatable bonds is 8. The van der Waals surface area contributed by atoms with Gasteiger partial charge in [0, 0.05) is 0 Å². The second-order valence-electron chi connectivity index (χ2n) is 6.43. The van der Waals surface area contributed by atoms with E-state index in [1.807, 2.05) is 91.0 Å². The van der Waals surface area contributed by atoms with Crippen molar-refractivity contribution in [1.82, 2.24) is 0 Å². The third kappa shape index (κ3) is 5.81. The molecule has 0 spiro atoms. The fraction of sp³-hybridized carbons (Fsp3) is 0.167. The molecule has 0 aromatic heterocycles. The standard InChI is InChI=1S/C24H22O4/c25-23(27-17-20-12-6-2-7-13-20)22(16-19-10-4-1-5-11-19)24(26)28-18-21-14-8-3-9-15-21/h1-15,22H,16-18H2. The van der Waals surface area contributed by atoms with Crippen molar-refractivity contribution in [1.29, 1.82) is 0 Å². The highest BCUT2D eigenvalue weighted by Gasteiger charge is 2.30. The zero-order chi connectivity index (χ0) is 19.6. The highest BCUT2D eigenvalue weighted by Crippen LogP contribution is 2.15. The molecule has 0 bridgehead atoms. The minimum atomic E-state index is -1.00. The van der Waals surface area contributed by atoms with Gasteiger partial charge in [-0.2, -0.15) is 0 Å². The molecule has 0 heterocycles. The fourth-order valence-corrected chi connectivity index (χ4v) is 2.77. The summed E-state index contributed by atoms with van der Waals surface area (Å²) in [4.78, 5) is 25.3. The molecule has 0 radical (unpaired) electrons. The Morgan fingerprint density at radius 2 is 0.929 bits per heavy atom. The van der Waals surface area contributed by atoms with Crippen molar-refractivity contribution < 1.29 is 19.1 Å². The number of hydrogen-bond donors (Lipinski definition) is 0. The van der Waals surface area contributed by atoms with Crippen LogP contribution in [0.15, 0.2) is 91.0 Å². The van der Waals surface area contributed by atoms with Crippen LogP contribution < -0.4 is 0 Å². The van der Waals surface area contributed by atoms with Gasteiger partial charge in [-0.3, -0.25) is 9.59 Å². The van der Waals surface area contributed by atoms with Crippen LogP contribution in [0.1, 0.15) is 16.7 Å². The lowest BCUT2D eigenvalue weighted by Gasteiger charge is -2.16. The molecule has 0 aliphatic heterocycles. The summed E-state index contributed by atoms with van der Waals surface area (Å²) in [6.07, 6.45) is 0.238. The van der Waals surface area contributed by atoms with E-state index >= 15 is 0 Å². The van der Waals surface area contributed by atoms with E-state index in [4.69, 9.17) is 9.47 Å². The zero-order valence-corrected chi connectivity index (χ0v) is 15.5. The number of carbonyl (C=O) groups excluding carboxylic acids is 2. The third-order valence-electron chi connectivity index (χ3n) is 4.30. The minimum Gasteiger partial charge on any atom is -0.460 e. The molecule has 4 nitrogen and oxygen atoms in total. The second-order valence-corrected chi connectivity index (χ2v) is 6.43. The van der Waals surface area contributed by atoms with Crippen molar-refractivity contribution in [3.05, 3.63) is 108 Å². The smallest absolute Gasteiger partial charge is 0.321 e. The van der Waals surface area contributed by atoms with Gasteiger partial charge >= 0.3 is 11.9 Å². The van der Waals surface area contributed by atoms with Crippen LogP contribution in [-0.2, 0) is 38.7 Å². The lowest BCUT2D eigenvalue weighted by molar-refractivity contribution is -0.163. The molecular weight excluding hydrogens is 352 g/mol. The van der Waals surface area contributed by atoms with Gasteiger partial charge < -0.3 is 9.47 Å². The molecule has 0 saturated heterocycles. The average molecular weight is 374 g/mol. The van der Waals surface area contributed by atoms with Gasteiger partial charge in [0.05, 0.1) is 0 Å². The SMILES string of the molecule is O=C(OCc1ccccc1)C(Cc1ccccc1)C(=O)OCc1ccccc1. The van der Waals surface area contributed by atoms with Gasteiger partial charge in [-0.1, -0.05) is 91.0 Å². The highest BCUT2D eigenvalue weighted by molar-refractivity contribution is 5.95. The van der Waals surface area contributed by atoms with Crippen LogP contribution >= 0.6 is 0 Å². The Labute approximate surface area is 164 Å². The molecule has 142 valence electrons. The maximum atomic E-state index is 12.7. The maximum Gasteiger partial charge on any atom is 0.321 e. The quantitative estimate of drug-likeness (QED) is 0.435. The molecule has 3 aromatic carbocycles. The molecule has 0 aliphatic rings. The first kappa shape index (κ1) is 19.4. The van der Waals surface area contributed by atoms with Crippen LogP contribution in [0.3, 0.4) is 0 Å². The number of hydrogen-bond acceptors (Lipinski definition) is 4. The molecule has 0 unspecified atom stereocenters. The molecule has 0 aliphatic carbocycles. The Hall–Kier alpha value is -3.40. The van der Waals surface area contributed by atoms with E-state index in [2.05, 4.69) is 0 Å². The Balaban J connectivity index is 1.66. The van der Waals surface area contributed by atoms with Crippen molar-refractivity contribution in [2.45, 2.75) is 19.6 Å². The second kappa shape index (κ2) is 10.1. The van der Waals surface area contributed by atoms with Gasteiger partial charge in [0.2, 0.25) is 0 Å². The van der Waals surface area contributed by atoms with Crippen molar-refractivity contribution in [3.63, 3.8) is 0 Å². The van der Waals surface area contributed by atoms with Crippen molar-refractivity contribution in [3.8, 4) is 0 Å². The van der Waals surface area contributed by atoms with Gasteiger partial charge in [0.15, 0.2) is 5.92 Å². The minimum absolute atomic E-state index is 0.122. The van der Waals surface area contributed by atoms with Gasteiger partial charge in [-0.25, -0.2) is 0 Å². The van der Waals surface area contributed by atoms with Gasteiger partial charge in [-0.15, -0.1) is 0 Å². The summed E-state index contributed by atoms with van der Waals surface area (Å²) in [7, 11) is 0. The lowest BCUT2D eigenvalue weighted by Crippen LogP contribution is -2.30. The monoisotopic (exact) mass is 374 g/mol. The van der Waals surface area contributed by atoms with E-state index in [9.17, 15) is 9.59 Å². The van der Waals surface area contributed by atoms with Crippen molar-refractivity contribution >= 4 is 11.9 Å². The van der Waals surface area contributed by atoms with Gasteiger partial charge in [-0.05, 0) is 23.1 Å². The number of carbonyl (C=O) groups is 2. The Morgan fingerprint density at radius 3 is 1.32 bits per heavy atom. The molecule has 0 amide bonds. The first-order valence-corrected chi connectivity index (χ1v) is 9.17. The molecule has 0 fully saturated rings. The number of esters is 2. The van der Waals surface area contributed by atoms with E-state index in [-0.39, 0.29) is 19.6 Å². The summed E-state index contributed by atoms with van der Waals surface area (Å²) in [6.45, 7) is 0.244. The summed E-state index contributed by atoms with van der Waals surface area (Å²) in [5.74, 6) is -2.16. The molecular formula is C24H22O4. The first-order chi connectivity index (χ1) is 13.7. The molecule has 3 rings (SSSR count). The molecule has 0 saturated carbocycles. The summed E-state index contributed by atoms with van der Waals surface area (Å²) in [6, 6.07) is 28.1. The predicted molar refractivity (Wildman–Crippen MR) is 106 cm³/mol. The van der Waals surface area contributed by atoms with Crippen LogP contribution in [0.5, 0.6) is 0 Å². The third-order valence-corrected chi connectivity index (χ3v) is 4.30. The van der Waals surface area contributed by atoms with Crippen molar-refractivity contribution in [2.75, 3.05) is 0 Å². The first-order valence-electron chi connectivity index (χ1n) is 9.17. The summed E-state index contributed by atoms with van der Waals surface area (Å²) in [5, 5.41) is 0. The van der Waals surface area contributed by atoms with Crippen LogP contribution in [0.4, 0.5) is 0 Å². The highest BCUT2D eigenvalue weighted by atomic mass is 16.6. The summed E-state index contributed by atoms with van der Waals surface area (Å²) < 4.78 is 10.8. The van der Waals surface area contributed by atoms with E-state index < -0.39 is 17.9 Å². The van der Waals surface area contributed by atoms with Gasteiger partial charge in [0.25, 0.3) is 0 Å². The molecule has 0 atom stereocenters. The number of ether oxygens (including phenoxy) is 2. The lowest BCUT2D eigenvalue weighted by atomic mass is 9.99. The van der Waals surface area contributed by atoms with Crippen LogP contribution in [0.2, 0.25) is 0 Å². The van der Waals surface area contributed by atoms with Gasteiger partial charge in [0.1, 0.15) is 13.2 Å². The Morgan fingerprint density at radius 1 is 0.571 bits per heavy atom. The van der Waals surface area contributed by atoms with Crippen LogP contribution in [0, 0.1) is 5.92 Å². The van der Waals surface area contributed by atoms with E-state index in [1.165, 1.54) is 0 Å². The Kier molecular flexibility index (Phi) is 6.96. The average Bonchev–Trinajstić information content (AvgIpc) is 2.76. The zero-order valence-electron chi connectivity index (χ0n) is 15.5. The Bertz CT molecular complexity index is 821. The maximum absolute atomic E-state index is 12.7. The topological polar surface area (TPSA) is 52.6 Å². The number of benzene rings is 3. The summed E-state index contributed by atoms with van der Waals surface area (Å²) in [5.41, 5.74) is 2.61. The molecule has 0 N–H and O–H groups in total. The summed E-state index contributed by atoms with van der Waals surface area (Å²) >= 11 is 0. The van der Waals surface area contributed by atoms with E-state index in [0.29, 0.717) is 0 Å². The van der Waals surface area contributed by atoms with Crippen molar-refractivity contribution in [2.24, 2.45) is 5.92 Å². The molecule has 4 heteroatoms. The van der Waals surface area contributed by atoms with Crippen LogP contribution in [0.25, 0.3) is 0 Å². The van der Waals surface area contributed by atoms with Crippen LogP contribution in [-0.4, -0.2) is 11.9 Å². The van der Waals surface area contributed by atoms with E-state index in [1.54, 1.807) is 0 Å². The molecule has 3 aromatic rings. The normalized spacial score (nSPS) is 10.5.